The summed E-state index contributed by atoms with van der Waals surface area (Å²) in [5.41, 5.74) is 0.506. The van der Waals surface area contributed by atoms with Crippen molar-refractivity contribution in [3.8, 4) is 0 Å². The molecule has 0 N–H and O–H groups in total. The van der Waals surface area contributed by atoms with Gasteiger partial charge >= 0.3 is 0 Å². The lowest BCUT2D eigenvalue weighted by Crippen LogP contribution is -2.26. The van der Waals surface area contributed by atoms with Gasteiger partial charge in [0, 0.05) is 33.4 Å². The lowest BCUT2D eigenvalue weighted by Gasteiger charge is -2.16. The molecule has 0 aliphatic carbocycles. The molecule has 0 fully saturated rings. The topological polar surface area (TPSA) is 33.2 Å². The van der Waals surface area contributed by atoms with Crippen LogP contribution in [0.2, 0.25) is 0 Å². The van der Waals surface area contributed by atoms with E-state index in [1.807, 2.05) is 41.8 Å². The van der Waals surface area contributed by atoms with Crippen LogP contribution >= 0.6 is 27.3 Å². The van der Waals surface area contributed by atoms with Gasteiger partial charge in [0.05, 0.1) is 6.54 Å². The maximum atomic E-state index is 12.6. The van der Waals surface area contributed by atoms with E-state index in [4.69, 9.17) is 0 Å². The molecule has 0 spiro atoms. The summed E-state index contributed by atoms with van der Waals surface area (Å²) in [6, 6.07) is 11.8. The summed E-state index contributed by atoms with van der Waals surface area (Å²) in [6.45, 7) is 0.583. The first kappa shape index (κ1) is 14.2. The van der Waals surface area contributed by atoms with Crippen molar-refractivity contribution in [1.82, 2.24) is 9.88 Å². The summed E-state index contributed by atoms with van der Waals surface area (Å²) in [7, 11) is 1.80. The Hall–Kier alpha value is -1.72. The van der Waals surface area contributed by atoms with Gasteiger partial charge in [-0.1, -0.05) is 24.3 Å². The summed E-state index contributed by atoms with van der Waals surface area (Å²) in [4.78, 5) is 19.7. The predicted molar refractivity (Wildman–Crippen MR) is 89.6 cm³/mol. The minimum atomic E-state index is -0.0590. The second kappa shape index (κ2) is 5.95. The average Bonchev–Trinajstić information content (AvgIpc) is 2.91. The Kier molecular flexibility index (Phi) is 4.03. The van der Waals surface area contributed by atoms with Crippen LogP contribution in [-0.2, 0) is 6.54 Å². The van der Waals surface area contributed by atoms with E-state index in [2.05, 4.69) is 20.9 Å². The minimum Gasteiger partial charge on any atom is -0.335 e. The first-order chi connectivity index (χ1) is 10.1. The standard InChI is InChI=1S/C16H13BrN2OS/c1-19(9-13-8-12(17)10-21-13)16(20)15-14-5-3-2-4-11(14)6-7-18-15/h2-8,10H,9H2,1H3. The zero-order valence-corrected chi connectivity index (χ0v) is 13.8. The molecule has 3 rings (SSSR count). The van der Waals surface area contributed by atoms with E-state index in [1.165, 1.54) is 0 Å². The van der Waals surface area contributed by atoms with Gasteiger partial charge in [-0.3, -0.25) is 9.78 Å². The molecule has 0 bridgehead atoms. The summed E-state index contributed by atoms with van der Waals surface area (Å²) in [5, 5.41) is 3.94. The molecule has 21 heavy (non-hydrogen) atoms. The quantitative estimate of drug-likeness (QED) is 0.696. The van der Waals surface area contributed by atoms with Crippen LogP contribution < -0.4 is 0 Å². The first-order valence-corrected chi connectivity index (χ1v) is 8.14. The van der Waals surface area contributed by atoms with Crippen LogP contribution in [0.4, 0.5) is 0 Å². The number of thiophene rings is 1. The normalized spacial score (nSPS) is 10.8. The van der Waals surface area contributed by atoms with Crippen LogP contribution in [-0.4, -0.2) is 22.8 Å². The van der Waals surface area contributed by atoms with Crippen molar-refractivity contribution in [1.29, 1.82) is 0 Å². The molecular formula is C16H13BrN2OS. The largest absolute Gasteiger partial charge is 0.335 e. The molecule has 0 radical (unpaired) electrons. The highest BCUT2D eigenvalue weighted by molar-refractivity contribution is 9.10. The number of halogens is 1. The van der Waals surface area contributed by atoms with E-state index in [0.717, 1.165) is 20.1 Å². The molecule has 0 atom stereocenters. The van der Waals surface area contributed by atoms with E-state index in [0.29, 0.717) is 12.2 Å². The molecule has 0 aliphatic heterocycles. The second-order valence-corrected chi connectivity index (χ2v) is 6.68. The molecule has 1 aromatic carbocycles. The van der Waals surface area contributed by atoms with Crippen molar-refractivity contribution in [2.24, 2.45) is 0 Å². The van der Waals surface area contributed by atoms with Crippen LogP contribution in [0.1, 0.15) is 15.4 Å². The number of hydrogen-bond donors (Lipinski definition) is 0. The number of aromatic nitrogens is 1. The number of carbonyl (C=O) groups excluding carboxylic acids is 1. The predicted octanol–water partition coefficient (Wildman–Crippen LogP) is 4.33. The van der Waals surface area contributed by atoms with E-state index in [1.54, 1.807) is 29.5 Å². The maximum absolute atomic E-state index is 12.6. The minimum absolute atomic E-state index is 0.0590. The Morgan fingerprint density at radius 3 is 2.90 bits per heavy atom. The van der Waals surface area contributed by atoms with Gasteiger partial charge in [-0.15, -0.1) is 11.3 Å². The molecule has 0 unspecified atom stereocenters. The van der Waals surface area contributed by atoms with Crippen LogP contribution in [0.25, 0.3) is 10.8 Å². The maximum Gasteiger partial charge on any atom is 0.273 e. The molecule has 3 nitrogen and oxygen atoms in total. The summed E-state index contributed by atoms with van der Waals surface area (Å²) >= 11 is 5.06. The SMILES string of the molecule is CN(Cc1cc(Br)cs1)C(=O)c1nccc2ccccc12. The molecule has 0 saturated heterocycles. The Morgan fingerprint density at radius 2 is 2.14 bits per heavy atom. The number of benzene rings is 1. The molecule has 0 aliphatic rings. The number of amides is 1. The molecule has 1 amide bonds. The van der Waals surface area contributed by atoms with Crippen molar-refractivity contribution in [2.45, 2.75) is 6.54 Å². The molecule has 2 aromatic heterocycles. The van der Waals surface area contributed by atoms with E-state index >= 15 is 0 Å². The highest BCUT2D eigenvalue weighted by Gasteiger charge is 2.16. The average molecular weight is 361 g/mol. The van der Waals surface area contributed by atoms with Crippen molar-refractivity contribution in [2.75, 3.05) is 7.05 Å². The van der Waals surface area contributed by atoms with Gasteiger partial charge in [-0.25, -0.2) is 0 Å². The van der Waals surface area contributed by atoms with Gasteiger partial charge in [-0.2, -0.15) is 0 Å². The summed E-state index contributed by atoms with van der Waals surface area (Å²) in [5.74, 6) is -0.0590. The smallest absolute Gasteiger partial charge is 0.273 e. The number of rotatable bonds is 3. The van der Waals surface area contributed by atoms with Gasteiger partial charge in [0.1, 0.15) is 5.69 Å². The second-order valence-electron chi connectivity index (χ2n) is 4.77. The van der Waals surface area contributed by atoms with Gasteiger partial charge < -0.3 is 4.90 Å². The summed E-state index contributed by atoms with van der Waals surface area (Å²) in [6.07, 6.45) is 1.69. The fourth-order valence-electron chi connectivity index (χ4n) is 2.21. The molecule has 2 heterocycles. The third kappa shape index (κ3) is 2.99. The third-order valence-corrected chi connectivity index (χ3v) is 4.92. The Balaban J connectivity index is 1.89. The van der Waals surface area contributed by atoms with Crippen LogP contribution in [0.5, 0.6) is 0 Å². The van der Waals surface area contributed by atoms with Crippen molar-refractivity contribution < 1.29 is 4.79 Å². The van der Waals surface area contributed by atoms with E-state index < -0.39 is 0 Å². The van der Waals surface area contributed by atoms with Gasteiger partial charge in [0.25, 0.3) is 5.91 Å². The number of fused-ring (bicyclic) bond motifs is 1. The van der Waals surface area contributed by atoms with Crippen molar-refractivity contribution in [3.05, 3.63) is 63.0 Å². The van der Waals surface area contributed by atoms with Crippen molar-refractivity contribution in [3.63, 3.8) is 0 Å². The van der Waals surface area contributed by atoms with Crippen LogP contribution in [0.15, 0.2) is 52.4 Å². The number of nitrogens with zero attached hydrogens (tertiary/aromatic N) is 2. The number of pyridine rings is 1. The fourth-order valence-corrected chi connectivity index (χ4v) is 3.72. The molecule has 0 saturated carbocycles. The van der Waals surface area contributed by atoms with E-state index in [-0.39, 0.29) is 5.91 Å². The Labute approximate surface area is 135 Å². The van der Waals surface area contributed by atoms with Crippen LogP contribution in [0.3, 0.4) is 0 Å². The zero-order chi connectivity index (χ0) is 14.8. The Morgan fingerprint density at radius 1 is 1.33 bits per heavy atom. The molecule has 106 valence electrons. The molecular weight excluding hydrogens is 348 g/mol. The number of hydrogen-bond acceptors (Lipinski definition) is 3. The van der Waals surface area contributed by atoms with Crippen molar-refractivity contribution >= 4 is 43.9 Å². The monoisotopic (exact) mass is 360 g/mol. The third-order valence-electron chi connectivity index (χ3n) is 3.24. The van der Waals surface area contributed by atoms with Gasteiger partial charge in [0.2, 0.25) is 0 Å². The fraction of sp³-hybridized carbons (Fsp3) is 0.125. The van der Waals surface area contributed by atoms with Crippen LogP contribution in [0, 0.1) is 0 Å². The first-order valence-electron chi connectivity index (χ1n) is 6.47. The summed E-state index contributed by atoms with van der Waals surface area (Å²) < 4.78 is 1.05. The molecule has 3 aromatic rings. The molecule has 5 heteroatoms. The number of carbonyl (C=O) groups is 1. The lowest BCUT2D eigenvalue weighted by molar-refractivity contribution is 0.0783. The Bertz CT molecular complexity index is 794. The van der Waals surface area contributed by atoms with Gasteiger partial charge in [-0.05, 0) is 33.4 Å². The zero-order valence-electron chi connectivity index (χ0n) is 11.4. The highest BCUT2D eigenvalue weighted by Crippen LogP contribution is 2.22. The van der Waals surface area contributed by atoms with Gasteiger partial charge in [0.15, 0.2) is 0 Å². The van der Waals surface area contributed by atoms with E-state index in [9.17, 15) is 4.79 Å². The lowest BCUT2D eigenvalue weighted by atomic mass is 10.1. The highest BCUT2D eigenvalue weighted by atomic mass is 79.9.